The molecule has 0 bridgehead atoms. The van der Waals surface area contributed by atoms with E-state index in [0.29, 0.717) is 6.54 Å². The predicted octanol–water partition coefficient (Wildman–Crippen LogP) is -0.640. The van der Waals surface area contributed by atoms with E-state index in [2.05, 4.69) is 5.10 Å². The molecule has 0 aliphatic carbocycles. The van der Waals surface area contributed by atoms with Crippen molar-refractivity contribution in [2.45, 2.75) is 19.9 Å². The number of aromatic nitrogens is 2. The highest BCUT2D eigenvalue weighted by molar-refractivity contribution is 5.73. The van der Waals surface area contributed by atoms with Crippen molar-refractivity contribution in [3.8, 4) is 0 Å². The predicted molar refractivity (Wildman–Crippen MR) is 43.6 cm³/mol. The van der Waals surface area contributed by atoms with Crippen molar-refractivity contribution in [1.29, 1.82) is 0 Å². The molecule has 0 aliphatic rings. The number of nitrogens with two attached hydrogens (primary N) is 1. The molecular weight excluding hydrogens is 158 g/mol. The molecule has 0 fully saturated rings. The Kier molecular flexibility index (Phi) is 2.32. The van der Waals surface area contributed by atoms with Crippen molar-refractivity contribution in [1.82, 2.24) is 9.78 Å². The van der Waals surface area contributed by atoms with Gasteiger partial charge in [-0.05, 0) is 6.92 Å². The topological polar surface area (TPSA) is 80.9 Å². The molecule has 0 spiro atoms. The van der Waals surface area contributed by atoms with Gasteiger partial charge in [0, 0.05) is 18.2 Å². The second-order valence-corrected chi connectivity index (χ2v) is 2.65. The normalized spacial score (nSPS) is 10.1. The third-order valence-corrected chi connectivity index (χ3v) is 1.50. The zero-order valence-electron chi connectivity index (χ0n) is 6.83. The summed E-state index contributed by atoms with van der Waals surface area (Å²) in [6, 6.07) is 1.47. The molecule has 0 aromatic carbocycles. The molecule has 3 N–H and O–H groups in total. The molecule has 12 heavy (non-hydrogen) atoms. The number of nitrogens with zero attached hydrogens (tertiary/aromatic N) is 1. The van der Waals surface area contributed by atoms with E-state index in [1.54, 1.807) is 6.92 Å². The molecule has 1 rings (SSSR count). The maximum Gasteiger partial charge on any atom is 0.266 e. The van der Waals surface area contributed by atoms with Gasteiger partial charge in [-0.2, -0.15) is 0 Å². The number of aromatic amines is 1. The zero-order valence-corrected chi connectivity index (χ0v) is 6.83. The smallest absolute Gasteiger partial charge is 0.266 e. The van der Waals surface area contributed by atoms with Crippen LogP contribution < -0.4 is 11.3 Å². The molecule has 0 saturated heterocycles. The van der Waals surface area contributed by atoms with Crippen molar-refractivity contribution in [2.24, 2.45) is 5.73 Å². The largest absolute Gasteiger partial charge is 0.370 e. The van der Waals surface area contributed by atoms with Gasteiger partial charge in [-0.25, -0.2) is 0 Å². The van der Waals surface area contributed by atoms with Gasteiger partial charge in [0.25, 0.3) is 5.56 Å². The zero-order chi connectivity index (χ0) is 9.14. The van der Waals surface area contributed by atoms with Gasteiger partial charge in [0.2, 0.25) is 5.91 Å². The van der Waals surface area contributed by atoms with Crippen LogP contribution in [0.3, 0.4) is 0 Å². The minimum Gasteiger partial charge on any atom is -0.370 e. The summed E-state index contributed by atoms with van der Waals surface area (Å²) in [6.45, 7) is 2.10. The lowest BCUT2D eigenvalue weighted by Gasteiger charge is -1.97. The molecule has 0 unspecified atom stereocenters. The number of H-pyrrole nitrogens is 1. The number of amides is 1. The molecule has 0 aliphatic heterocycles. The summed E-state index contributed by atoms with van der Waals surface area (Å²) in [4.78, 5) is 21.4. The van der Waals surface area contributed by atoms with E-state index in [1.165, 1.54) is 10.7 Å². The molecule has 1 aromatic heterocycles. The van der Waals surface area contributed by atoms with Gasteiger partial charge in [-0.1, -0.05) is 0 Å². The molecule has 66 valence electrons. The first-order valence-electron chi connectivity index (χ1n) is 3.64. The van der Waals surface area contributed by atoms with Crippen LogP contribution >= 0.6 is 0 Å². The molecule has 5 nitrogen and oxygen atoms in total. The molecule has 1 aromatic rings. The monoisotopic (exact) mass is 169 g/mol. The SMILES string of the molecule is Cc1cc(=O)n(CCC(N)=O)[nH]1. The highest BCUT2D eigenvalue weighted by Gasteiger charge is 2.00. The Morgan fingerprint density at radius 3 is 2.83 bits per heavy atom. The number of nitrogens with one attached hydrogen (secondary N) is 1. The molecular formula is C7H11N3O2. The van der Waals surface area contributed by atoms with Gasteiger partial charge in [0.1, 0.15) is 0 Å². The van der Waals surface area contributed by atoms with Crippen LogP contribution in [0.25, 0.3) is 0 Å². The van der Waals surface area contributed by atoms with Gasteiger partial charge in [-0.3, -0.25) is 19.4 Å². The summed E-state index contributed by atoms with van der Waals surface area (Å²) >= 11 is 0. The first-order chi connectivity index (χ1) is 5.59. The Morgan fingerprint density at radius 1 is 1.75 bits per heavy atom. The lowest BCUT2D eigenvalue weighted by Crippen LogP contribution is -2.20. The van der Waals surface area contributed by atoms with Crippen molar-refractivity contribution in [2.75, 3.05) is 0 Å². The van der Waals surface area contributed by atoms with Crippen LogP contribution in [0.5, 0.6) is 0 Å². The van der Waals surface area contributed by atoms with E-state index in [0.717, 1.165) is 5.69 Å². The molecule has 1 heterocycles. The Balaban J connectivity index is 2.69. The van der Waals surface area contributed by atoms with E-state index in [1.807, 2.05) is 0 Å². The number of hydrogen-bond donors (Lipinski definition) is 2. The van der Waals surface area contributed by atoms with Crippen LogP contribution in [0.4, 0.5) is 0 Å². The average Bonchev–Trinajstić information content (AvgIpc) is 2.26. The van der Waals surface area contributed by atoms with Crippen LogP contribution in [0.1, 0.15) is 12.1 Å². The fourth-order valence-electron chi connectivity index (χ4n) is 0.951. The summed E-state index contributed by atoms with van der Waals surface area (Å²) < 4.78 is 1.36. The van der Waals surface area contributed by atoms with Crippen LogP contribution in [-0.2, 0) is 11.3 Å². The maximum atomic E-state index is 11.0. The third-order valence-electron chi connectivity index (χ3n) is 1.50. The quantitative estimate of drug-likeness (QED) is 0.631. The lowest BCUT2D eigenvalue weighted by atomic mass is 10.4. The Bertz CT molecular complexity index is 337. The number of hydrogen-bond acceptors (Lipinski definition) is 2. The van der Waals surface area contributed by atoms with Crippen LogP contribution in [0, 0.1) is 6.92 Å². The minimum absolute atomic E-state index is 0.131. The average molecular weight is 169 g/mol. The number of carbonyl (C=O) groups is 1. The highest BCUT2D eigenvalue weighted by Crippen LogP contribution is 1.87. The number of rotatable bonds is 3. The minimum atomic E-state index is -0.408. The second kappa shape index (κ2) is 3.25. The van der Waals surface area contributed by atoms with Gasteiger partial charge >= 0.3 is 0 Å². The number of primary amides is 1. The van der Waals surface area contributed by atoms with Crippen molar-refractivity contribution in [3.63, 3.8) is 0 Å². The van der Waals surface area contributed by atoms with Gasteiger partial charge in [-0.15, -0.1) is 0 Å². The van der Waals surface area contributed by atoms with Crippen molar-refractivity contribution < 1.29 is 4.79 Å². The summed E-state index contributed by atoms with van der Waals surface area (Å²) in [7, 11) is 0. The fourth-order valence-corrected chi connectivity index (χ4v) is 0.951. The van der Waals surface area contributed by atoms with E-state index in [-0.39, 0.29) is 12.0 Å². The Morgan fingerprint density at radius 2 is 2.42 bits per heavy atom. The summed E-state index contributed by atoms with van der Waals surface area (Å²) in [5, 5.41) is 2.80. The summed E-state index contributed by atoms with van der Waals surface area (Å²) in [5.74, 6) is -0.408. The van der Waals surface area contributed by atoms with Crippen molar-refractivity contribution in [3.05, 3.63) is 22.1 Å². The highest BCUT2D eigenvalue weighted by atomic mass is 16.1. The second-order valence-electron chi connectivity index (χ2n) is 2.65. The number of carbonyl (C=O) groups excluding carboxylic acids is 1. The van der Waals surface area contributed by atoms with E-state index >= 15 is 0 Å². The molecule has 0 saturated carbocycles. The summed E-state index contributed by atoms with van der Waals surface area (Å²) in [5.41, 5.74) is 5.58. The summed E-state index contributed by atoms with van der Waals surface area (Å²) in [6.07, 6.45) is 0.180. The third kappa shape index (κ3) is 1.98. The first kappa shape index (κ1) is 8.58. The Hall–Kier alpha value is -1.52. The number of aryl methyl sites for hydroxylation is 2. The molecule has 0 radical (unpaired) electrons. The Labute approximate surface area is 69.2 Å². The molecule has 1 amide bonds. The van der Waals surface area contributed by atoms with Crippen LogP contribution in [-0.4, -0.2) is 15.7 Å². The van der Waals surface area contributed by atoms with Gasteiger partial charge in [0.05, 0.1) is 6.54 Å². The molecule has 5 heteroatoms. The van der Waals surface area contributed by atoms with Gasteiger partial charge < -0.3 is 5.73 Å². The van der Waals surface area contributed by atoms with Crippen LogP contribution in [0.2, 0.25) is 0 Å². The fraction of sp³-hybridized carbons (Fsp3) is 0.429. The van der Waals surface area contributed by atoms with E-state index in [9.17, 15) is 9.59 Å². The maximum absolute atomic E-state index is 11.0. The van der Waals surface area contributed by atoms with E-state index in [4.69, 9.17) is 5.73 Å². The molecule has 0 atom stereocenters. The first-order valence-corrected chi connectivity index (χ1v) is 3.64. The lowest BCUT2D eigenvalue weighted by molar-refractivity contribution is -0.118. The standard InChI is InChI=1S/C7H11N3O2/c1-5-4-7(12)10(9-5)3-2-6(8)11/h4,9H,2-3H2,1H3,(H2,8,11). The van der Waals surface area contributed by atoms with Gasteiger partial charge in [0.15, 0.2) is 0 Å². The van der Waals surface area contributed by atoms with E-state index < -0.39 is 5.91 Å². The van der Waals surface area contributed by atoms with Crippen molar-refractivity contribution >= 4 is 5.91 Å². The van der Waals surface area contributed by atoms with Crippen LogP contribution in [0.15, 0.2) is 10.9 Å².